The molecule has 4 rings (SSSR count). The highest BCUT2D eigenvalue weighted by Crippen LogP contribution is 2.29. The summed E-state index contributed by atoms with van der Waals surface area (Å²) >= 11 is 0. The van der Waals surface area contributed by atoms with Crippen LogP contribution in [0.1, 0.15) is 79.5 Å². The van der Waals surface area contributed by atoms with Gasteiger partial charge >= 0.3 is 5.97 Å². The molecule has 1 aliphatic carbocycles. The number of nitrogens with zero attached hydrogens (tertiary/aromatic N) is 2. The maximum Gasteiger partial charge on any atom is 0.306 e. The molecule has 0 radical (unpaired) electrons. The van der Waals surface area contributed by atoms with Crippen LogP contribution in [0.2, 0.25) is 0 Å². The predicted molar refractivity (Wildman–Crippen MR) is 133 cm³/mol. The number of aliphatic carboxylic acids is 1. The number of hydrogen-bond acceptors (Lipinski definition) is 3. The van der Waals surface area contributed by atoms with Crippen LogP contribution in [0.5, 0.6) is 0 Å². The minimum Gasteiger partial charge on any atom is -0.481 e. The molecule has 1 atom stereocenters. The van der Waals surface area contributed by atoms with E-state index in [-0.39, 0.29) is 23.9 Å². The van der Waals surface area contributed by atoms with Crippen molar-refractivity contribution in [1.29, 1.82) is 0 Å². The molecule has 0 bridgehead atoms. The van der Waals surface area contributed by atoms with Crippen LogP contribution in [-0.2, 0) is 11.2 Å². The Balaban J connectivity index is 1.68. The van der Waals surface area contributed by atoms with E-state index in [2.05, 4.69) is 60.4 Å². The number of amides is 1. The molecule has 0 saturated heterocycles. The number of carboxylic acids is 1. The summed E-state index contributed by atoms with van der Waals surface area (Å²) < 4.78 is 1.91. The Labute approximate surface area is 200 Å². The molecule has 0 aliphatic heterocycles. The molecule has 2 aromatic carbocycles. The van der Waals surface area contributed by atoms with Crippen LogP contribution in [0.4, 0.5) is 0 Å². The van der Waals surface area contributed by atoms with Crippen LogP contribution in [0, 0.1) is 17.8 Å². The van der Waals surface area contributed by atoms with Crippen molar-refractivity contribution in [1.82, 2.24) is 15.1 Å². The van der Waals surface area contributed by atoms with E-state index in [0.717, 1.165) is 28.5 Å². The molecule has 2 N–H and O–H groups in total. The molecule has 1 amide bonds. The zero-order valence-electron chi connectivity index (χ0n) is 20.0. The van der Waals surface area contributed by atoms with E-state index < -0.39 is 5.97 Å². The van der Waals surface area contributed by atoms with Gasteiger partial charge in [0, 0.05) is 17.0 Å². The molecule has 6 nitrogen and oxygen atoms in total. The van der Waals surface area contributed by atoms with Crippen LogP contribution in [0.3, 0.4) is 0 Å². The standard InChI is InChI=1S/C28H31N3O3/c1-4-6-21-13-16-24(27(32)30-23-14-11-22(12-15-23)28(33)34)26-25(21)17-29-31(26)18(3)20-9-7-19(5-2)8-10-20/h7-10,13,16-18,22-23H,5,11-12,14-15H2,1-3H3,(H,30,32)(H,33,34)/t18-,22?,23?/m1/s1. The van der Waals surface area contributed by atoms with Crippen LogP contribution in [-0.4, -0.2) is 32.8 Å². The van der Waals surface area contributed by atoms with Crippen molar-refractivity contribution >= 4 is 22.8 Å². The molecule has 34 heavy (non-hydrogen) atoms. The Morgan fingerprint density at radius 2 is 1.85 bits per heavy atom. The van der Waals surface area contributed by atoms with Crippen LogP contribution >= 0.6 is 0 Å². The van der Waals surface area contributed by atoms with Gasteiger partial charge in [-0.05, 0) is 69.2 Å². The second-order valence-electron chi connectivity index (χ2n) is 9.02. The summed E-state index contributed by atoms with van der Waals surface area (Å²) in [6, 6.07) is 12.1. The maximum absolute atomic E-state index is 13.4. The van der Waals surface area contributed by atoms with Gasteiger partial charge in [-0.25, -0.2) is 0 Å². The van der Waals surface area contributed by atoms with E-state index in [1.54, 1.807) is 13.1 Å². The molecular weight excluding hydrogens is 426 g/mol. The number of aromatic nitrogens is 2. The molecule has 176 valence electrons. The number of carbonyl (C=O) groups is 2. The molecule has 3 aromatic rings. The number of rotatable bonds is 6. The van der Waals surface area contributed by atoms with Crippen molar-refractivity contribution in [3.05, 3.63) is 64.8 Å². The molecule has 0 spiro atoms. The van der Waals surface area contributed by atoms with Crippen molar-refractivity contribution in [3.63, 3.8) is 0 Å². The van der Waals surface area contributed by atoms with E-state index in [1.807, 2.05) is 16.8 Å². The summed E-state index contributed by atoms with van der Waals surface area (Å²) in [6.45, 7) is 6.01. The Kier molecular flexibility index (Phi) is 7.02. The quantitative estimate of drug-likeness (QED) is 0.513. The number of carbonyl (C=O) groups excluding carboxylic acids is 1. The molecule has 1 saturated carbocycles. The third kappa shape index (κ3) is 4.70. The highest BCUT2D eigenvalue weighted by molar-refractivity contribution is 6.07. The van der Waals surface area contributed by atoms with Crippen molar-refractivity contribution in [2.24, 2.45) is 5.92 Å². The first-order chi connectivity index (χ1) is 16.4. The van der Waals surface area contributed by atoms with Crippen molar-refractivity contribution in [2.45, 2.75) is 65.0 Å². The maximum atomic E-state index is 13.4. The lowest BCUT2D eigenvalue weighted by molar-refractivity contribution is -0.142. The highest BCUT2D eigenvalue weighted by Gasteiger charge is 2.28. The summed E-state index contributed by atoms with van der Waals surface area (Å²) in [4.78, 5) is 24.7. The first-order valence-electron chi connectivity index (χ1n) is 12.0. The zero-order valence-corrected chi connectivity index (χ0v) is 20.0. The van der Waals surface area contributed by atoms with Crippen molar-refractivity contribution < 1.29 is 14.7 Å². The van der Waals surface area contributed by atoms with Gasteiger partial charge < -0.3 is 10.4 Å². The van der Waals surface area contributed by atoms with E-state index in [0.29, 0.717) is 31.2 Å². The highest BCUT2D eigenvalue weighted by atomic mass is 16.4. The zero-order chi connectivity index (χ0) is 24.2. The number of benzene rings is 2. The Morgan fingerprint density at radius 3 is 2.47 bits per heavy atom. The van der Waals surface area contributed by atoms with Gasteiger partial charge in [-0.15, -0.1) is 5.92 Å². The summed E-state index contributed by atoms with van der Waals surface area (Å²) in [7, 11) is 0. The van der Waals surface area contributed by atoms with Gasteiger partial charge in [-0.1, -0.05) is 37.1 Å². The van der Waals surface area contributed by atoms with Gasteiger partial charge in [0.05, 0.1) is 29.2 Å². The Hall–Kier alpha value is -3.59. The van der Waals surface area contributed by atoms with Crippen LogP contribution in [0.25, 0.3) is 10.9 Å². The predicted octanol–water partition coefficient (Wildman–Crippen LogP) is 4.95. The fraction of sp³-hybridized carbons (Fsp3) is 0.393. The number of fused-ring (bicyclic) bond motifs is 1. The molecule has 1 aliphatic rings. The SMILES string of the molecule is CC#Cc1ccc(C(=O)NC2CCC(C(=O)O)CC2)c2c1cnn2[C@H](C)c1ccc(CC)cc1. The third-order valence-electron chi connectivity index (χ3n) is 6.91. The lowest BCUT2D eigenvalue weighted by Gasteiger charge is -2.27. The number of hydrogen-bond donors (Lipinski definition) is 2. The summed E-state index contributed by atoms with van der Waals surface area (Å²) in [5, 5.41) is 17.9. The first kappa shape index (κ1) is 23.6. The van der Waals surface area contributed by atoms with Crippen LogP contribution in [0.15, 0.2) is 42.6 Å². The Bertz CT molecular complexity index is 1260. The summed E-state index contributed by atoms with van der Waals surface area (Å²) in [6.07, 6.45) is 5.29. The largest absolute Gasteiger partial charge is 0.481 e. The smallest absolute Gasteiger partial charge is 0.306 e. The van der Waals surface area contributed by atoms with E-state index in [1.165, 1.54) is 5.56 Å². The lowest BCUT2D eigenvalue weighted by atomic mass is 9.86. The minimum atomic E-state index is -0.746. The fourth-order valence-corrected chi connectivity index (χ4v) is 4.80. The number of nitrogens with one attached hydrogen (secondary N) is 1. The first-order valence-corrected chi connectivity index (χ1v) is 12.0. The van der Waals surface area contributed by atoms with Crippen LogP contribution < -0.4 is 5.32 Å². The molecule has 0 unspecified atom stereocenters. The van der Waals surface area contributed by atoms with E-state index in [4.69, 9.17) is 0 Å². The van der Waals surface area contributed by atoms with Gasteiger partial charge in [0.1, 0.15) is 0 Å². The van der Waals surface area contributed by atoms with E-state index in [9.17, 15) is 14.7 Å². The third-order valence-corrected chi connectivity index (χ3v) is 6.91. The molecular formula is C28H31N3O3. The average molecular weight is 458 g/mol. The van der Waals surface area contributed by atoms with Crippen molar-refractivity contribution in [2.75, 3.05) is 0 Å². The second-order valence-corrected chi connectivity index (χ2v) is 9.02. The van der Waals surface area contributed by atoms with Gasteiger partial charge in [0.25, 0.3) is 5.91 Å². The lowest BCUT2D eigenvalue weighted by Crippen LogP contribution is -2.39. The Morgan fingerprint density at radius 1 is 1.15 bits per heavy atom. The molecule has 6 heteroatoms. The van der Waals surface area contributed by atoms with Gasteiger partial charge in [-0.3, -0.25) is 14.3 Å². The van der Waals surface area contributed by atoms with Crippen molar-refractivity contribution in [3.8, 4) is 11.8 Å². The molecule has 1 fully saturated rings. The van der Waals surface area contributed by atoms with E-state index >= 15 is 0 Å². The summed E-state index contributed by atoms with van der Waals surface area (Å²) in [5.74, 6) is 4.87. The minimum absolute atomic E-state index is 0.0244. The van der Waals surface area contributed by atoms with Gasteiger partial charge in [-0.2, -0.15) is 5.10 Å². The second kappa shape index (κ2) is 10.1. The molecule has 1 heterocycles. The summed E-state index contributed by atoms with van der Waals surface area (Å²) in [5.41, 5.74) is 4.57. The monoisotopic (exact) mass is 457 g/mol. The fourth-order valence-electron chi connectivity index (χ4n) is 4.80. The molecule has 1 aromatic heterocycles. The number of carboxylic acid groups (broad SMARTS) is 1. The van der Waals surface area contributed by atoms with Gasteiger partial charge in [0.15, 0.2) is 0 Å². The van der Waals surface area contributed by atoms with Gasteiger partial charge in [0.2, 0.25) is 0 Å². The average Bonchev–Trinajstić information content (AvgIpc) is 3.30. The topological polar surface area (TPSA) is 84.2 Å². The normalized spacial score (nSPS) is 18.7. The number of aryl methyl sites for hydroxylation is 1.